The van der Waals surface area contributed by atoms with E-state index in [0.717, 1.165) is 0 Å². The van der Waals surface area contributed by atoms with E-state index in [0.29, 0.717) is 13.0 Å². The van der Waals surface area contributed by atoms with E-state index < -0.39 is 11.5 Å². The normalized spacial score (nSPS) is 31.8. The highest BCUT2D eigenvalue weighted by atomic mass is 16.5. The smallest absolute Gasteiger partial charge is 0.394 e. The van der Waals surface area contributed by atoms with E-state index in [1.807, 2.05) is 0 Å². The molecule has 3 nitrogen and oxygen atoms in total. The molecule has 0 saturated heterocycles. The van der Waals surface area contributed by atoms with Crippen molar-refractivity contribution in [3.63, 3.8) is 0 Å². The Morgan fingerprint density at radius 2 is 2.67 bits per heavy atom. The highest BCUT2D eigenvalue weighted by Crippen LogP contribution is 2.48. The van der Waals surface area contributed by atoms with Gasteiger partial charge in [-0.05, 0) is 6.92 Å². The first-order valence-corrected chi connectivity index (χ1v) is 3.89. The van der Waals surface area contributed by atoms with Gasteiger partial charge in [-0.25, -0.2) is 11.4 Å². The van der Waals surface area contributed by atoms with Gasteiger partial charge in [0.1, 0.15) is 0 Å². The number of hydrogen-bond donors (Lipinski definition) is 0. The summed E-state index contributed by atoms with van der Waals surface area (Å²) in [4.78, 5) is 14.6. The lowest BCUT2D eigenvalue weighted by atomic mass is 10.2. The molecule has 0 heterocycles. The Hall–Kier alpha value is -1.30. The van der Waals surface area contributed by atoms with Crippen molar-refractivity contribution in [2.45, 2.75) is 18.9 Å². The highest BCUT2D eigenvalue weighted by molar-refractivity contribution is 5.88. The number of rotatable bonds is 3. The van der Waals surface area contributed by atoms with Crippen LogP contribution in [-0.4, -0.2) is 18.1 Å². The van der Waals surface area contributed by atoms with Crippen LogP contribution in [0.4, 0.5) is 0 Å². The van der Waals surface area contributed by atoms with Gasteiger partial charge in [-0.15, -0.1) is 6.58 Å². The second kappa shape index (κ2) is 2.98. The minimum absolute atomic E-state index is 0.00551. The van der Waals surface area contributed by atoms with Crippen LogP contribution in [0.25, 0.3) is 4.85 Å². The molecule has 0 aromatic carbocycles. The van der Waals surface area contributed by atoms with Crippen LogP contribution in [0.2, 0.25) is 0 Å². The fourth-order valence-electron chi connectivity index (χ4n) is 1.22. The van der Waals surface area contributed by atoms with Gasteiger partial charge in [0, 0.05) is 0 Å². The number of esters is 1. The fraction of sp³-hybridized carbons (Fsp3) is 0.556. The van der Waals surface area contributed by atoms with Crippen molar-refractivity contribution in [1.82, 2.24) is 0 Å². The molecular weight excluding hydrogens is 154 g/mol. The third-order valence-corrected chi connectivity index (χ3v) is 2.10. The summed E-state index contributed by atoms with van der Waals surface area (Å²) in [5.74, 6) is -0.404. The van der Waals surface area contributed by atoms with Gasteiger partial charge in [-0.1, -0.05) is 6.08 Å². The molecule has 0 amide bonds. The van der Waals surface area contributed by atoms with E-state index in [1.165, 1.54) is 0 Å². The second-order valence-corrected chi connectivity index (χ2v) is 2.80. The molecule has 1 aliphatic rings. The van der Waals surface area contributed by atoms with Gasteiger partial charge >= 0.3 is 11.5 Å². The number of nitrogens with zero attached hydrogens (tertiary/aromatic N) is 1. The van der Waals surface area contributed by atoms with Gasteiger partial charge in [0.05, 0.1) is 18.9 Å². The topological polar surface area (TPSA) is 30.7 Å². The summed E-state index contributed by atoms with van der Waals surface area (Å²) in [6.07, 6.45) is 2.22. The summed E-state index contributed by atoms with van der Waals surface area (Å²) in [6.45, 7) is 12.5. The summed E-state index contributed by atoms with van der Waals surface area (Å²) in [5, 5.41) is 0. The molecule has 0 bridgehead atoms. The van der Waals surface area contributed by atoms with Gasteiger partial charge in [0.25, 0.3) is 0 Å². The van der Waals surface area contributed by atoms with E-state index in [-0.39, 0.29) is 5.92 Å². The van der Waals surface area contributed by atoms with Crippen LogP contribution in [0.15, 0.2) is 12.7 Å². The maximum absolute atomic E-state index is 11.2. The molecule has 1 aliphatic carbocycles. The van der Waals surface area contributed by atoms with Crippen molar-refractivity contribution in [2.24, 2.45) is 5.92 Å². The second-order valence-electron chi connectivity index (χ2n) is 2.80. The lowest BCUT2D eigenvalue weighted by Gasteiger charge is -2.01. The molecule has 1 saturated carbocycles. The van der Waals surface area contributed by atoms with Crippen molar-refractivity contribution in [3.8, 4) is 0 Å². The Kier molecular flexibility index (Phi) is 2.18. The maximum Gasteiger partial charge on any atom is 0.394 e. The van der Waals surface area contributed by atoms with Crippen LogP contribution in [-0.2, 0) is 9.53 Å². The molecule has 12 heavy (non-hydrogen) atoms. The molecule has 0 N–H and O–H groups in total. The molecule has 0 aromatic rings. The van der Waals surface area contributed by atoms with Crippen molar-refractivity contribution in [2.75, 3.05) is 6.61 Å². The number of carbonyl (C=O) groups is 1. The molecule has 0 aromatic heterocycles. The Balaban J connectivity index is 2.67. The van der Waals surface area contributed by atoms with E-state index in [1.54, 1.807) is 13.0 Å². The Morgan fingerprint density at radius 3 is 3.00 bits per heavy atom. The predicted molar refractivity (Wildman–Crippen MR) is 44.3 cm³/mol. The monoisotopic (exact) mass is 165 g/mol. The lowest BCUT2D eigenvalue weighted by molar-refractivity contribution is -0.144. The van der Waals surface area contributed by atoms with Crippen molar-refractivity contribution >= 4 is 5.97 Å². The third kappa shape index (κ3) is 1.10. The summed E-state index contributed by atoms with van der Waals surface area (Å²) >= 11 is 0. The van der Waals surface area contributed by atoms with Crippen molar-refractivity contribution in [1.29, 1.82) is 0 Å². The molecule has 2 atom stereocenters. The standard InChI is InChI=1S/C9H11NO2/c1-4-7-6-9(7,10-3)8(11)12-5-2/h4,7H,1,5-6H2,2H3/t7-,9?/m1/s1. The quantitative estimate of drug-likeness (QED) is 0.359. The van der Waals surface area contributed by atoms with Crippen LogP contribution in [0.5, 0.6) is 0 Å². The zero-order valence-electron chi connectivity index (χ0n) is 7.04. The van der Waals surface area contributed by atoms with Crippen LogP contribution in [0, 0.1) is 12.5 Å². The summed E-state index contributed by atoms with van der Waals surface area (Å²) < 4.78 is 4.79. The van der Waals surface area contributed by atoms with Crippen LogP contribution >= 0.6 is 0 Å². The molecule has 1 unspecified atom stereocenters. The van der Waals surface area contributed by atoms with Gasteiger partial charge in [0.2, 0.25) is 0 Å². The molecule has 1 rings (SSSR count). The van der Waals surface area contributed by atoms with Gasteiger partial charge in [-0.2, -0.15) is 0 Å². The van der Waals surface area contributed by atoms with Crippen LogP contribution < -0.4 is 0 Å². The number of ether oxygens (including phenoxy) is 1. The summed E-state index contributed by atoms with van der Waals surface area (Å²) in [7, 11) is 0. The van der Waals surface area contributed by atoms with E-state index in [2.05, 4.69) is 11.4 Å². The number of hydrogen-bond acceptors (Lipinski definition) is 2. The lowest BCUT2D eigenvalue weighted by Crippen LogP contribution is -2.23. The minimum atomic E-state index is -0.919. The third-order valence-electron chi connectivity index (χ3n) is 2.10. The first kappa shape index (κ1) is 8.79. The Morgan fingerprint density at radius 1 is 2.00 bits per heavy atom. The minimum Gasteiger partial charge on any atom is -0.460 e. The molecule has 0 radical (unpaired) electrons. The summed E-state index contributed by atoms with van der Waals surface area (Å²) in [5.41, 5.74) is -0.919. The first-order chi connectivity index (χ1) is 5.71. The SMILES string of the molecule is [C-]#[N+]C1(C(=O)OCC)C[C@H]1C=C. The number of carbonyl (C=O) groups excluding carboxylic acids is 1. The zero-order valence-corrected chi connectivity index (χ0v) is 7.04. The van der Waals surface area contributed by atoms with Gasteiger partial charge in [0.15, 0.2) is 0 Å². The fourth-order valence-corrected chi connectivity index (χ4v) is 1.22. The highest BCUT2D eigenvalue weighted by Gasteiger charge is 2.68. The van der Waals surface area contributed by atoms with E-state index in [9.17, 15) is 4.79 Å². The largest absolute Gasteiger partial charge is 0.460 e. The molecule has 0 aliphatic heterocycles. The summed E-state index contributed by atoms with van der Waals surface area (Å²) in [6, 6.07) is 0. The van der Waals surface area contributed by atoms with Crippen molar-refractivity contribution in [3.05, 3.63) is 24.1 Å². The molecular formula is C9H11NO2. The van der Waals surface area contributed by atoms with Crippen LogP contribution in [0.1, 0.15) is 13.3 Å². The Bertz CT molecular complexity index is 254. The molecule has 1 fully saturated rings. The van der Waals surface area contributed by atoms with Gasteiger partial charge < -0.3 is 4.74 Å². The Labute approximate surface area is 71.8 Å². The van der Waals surface area contributed by atoms with Crippen LogP contribution in [0.3, 0.4) is 0 Å². The molecule has 64 valence electrons. The zero-order chi connectivity index (χ0) is 9.19. The van der Waals surface area contributed by atoms with E-state index >= 15 is 0 Å². The van der Waals surface area contributed by atoms with Crippen molar-refractivity contribution < 1.29 is 9.53 Å². The predicted octanol–water partition coefficient (Wildman–Crippen LogP) is 1.41. The molecule has 0 spiro atoms. The van der Waals surface area contributed by atoms with E-state index in [4.69, 9.17) is 11.3 Å². The maximum atomic E-state index is 11.2. The first-order valence-electron chi connectivity index (χ1n) is 3.89. The molecule has 3 heteroatoms. The van der Waals surface area contributed by atoms with Gasteiger partial charge in [-0.3, -0.25) is 4.85 Å². The average molecular weight is 165 g/mol. The average Bonchev–Trinajstić information content (AvgIpc) is 2.80.